The van der Waals surface area contributed by atoms with Crippen LogP contribution in [0, 0.1) is 5.92 Å². The van der Waals surface area contributed by atoms with Gasteiger partial charge in [0.2, 0.25) is 10.0 Å². The molecule has 0 spiro atoms. The maximum atomic E-state index is 12.7. The third-order valence-corrected chi connectivity index (χ3v) is 5.61. The number of benzene rings is 2. The molecule has 0 aliphatic carbocycles. The lowest BCUT2D eigenvalue weighted by Gasteiger charge is -2.20. The second-order valence-corrected chi connectivity index (χ2v) is 8.05. The van der Waals surface area contributed by atoms with Gasteiger partial charge in [-0.05, 0) is 29.5 Å². The highest BCUT2D eigenvalue weighted by Crippen LogP contribution is 2.29. The number of sulfonamides is 1. The molecule has 0 saturated carbocycles. The standard InChI is InChI=1S/C17H16N2O6S/c1-8(2)14(17(22)23)19-26(24,25)10-6-9-4-3-5-11-13(9)12(7-10)16(21)18-15(11)20/h3-8,14,19H,1-2H3,(H,22,23)(H,18,20,21). The van der Waals surface area contributed by atoms with Crippen LogP contribution in [0.5, 0.6) is 0 Å². The monoisotopic (exact) mass is 376 g/mol. The van der Waals surface area contributed by atoms with E-state index in [1.54, 1.807) is 32.0 Å². The van der Waals surface area contributed by atoms with Crippen LogP contribution in [-0.2, 0) is 14.8 Å². The number of hydrogen-bond donors (Lipinski definition) is 3. The van der Waals surface area contributed by atoms with Gasteiger partial charge < -0.3 is 5.11 Å². The number of carboxylic acid groups (broad SMARTS) is 1. The van der Waals surface area contributed by atoms with Gasteiger partial charge in [-0.1, -0.05) is 26.0 Å². The van der Waals surface area contributed by atoms with Crippen molar-refractivity contribution in [2.45, 2.75) is 24.8 Å². The molecule has 0 saturated heterocycles. The predicted molar refractivity (Wildman–Crippen MR) is 92.3 cm³/mol. The Morgan fingerprint density at radius 3 is 2.38 bits per heavy atom. The fourth-order valence-corrected chi connectivity index (χ4v) is 4.27. The molecule has 3 rings (SSSR count). The Labute approximate surface area is 149 Å². The normalized spacial score (nSPS) is 15.2. The Hall–Kier alpha value is -2.78. The Bertz CT molecular complexity index is 1060. The highest BCUT2D eigenvalue weighted by molar-refractivity contribution is 7.89. The molecule has 2 aromatic rings. The summed E-state index contributed by atoms with van der Waals surface area (Å²) in [5.41, 5.74) is 0.328. The van der Waals surface area contributed by atoms with Crippen molar-refractivity contribution in [1.82, 2.24) is 10.0 Å². The Morgan fingerprint density at radius 2 is 1.77 bits per heavy atom. The molecule has 1 aliphatic heterocycles. The van der Waals surface area contributed by atoms with Crippen LogP contribution in [0.15, 0.2) is 35.2 Å². The summed E-state index contributed by atoms with van der Waals surface area (Å²) in [4.78, 5) is 35.1. The number of aliphatic carboxylic acids is 1. The lowest BCUT2D eigenvalue weighted by atomic mass is 9.95. The number of carbonyl (C=O) groups is 3. The van der Waals surface area contributed by atoms with Crippen LogP contribution in [0.1, 0.15) is 34.6 Å². The van der Waals surface area contributed by atoms with Gasteiger partial charge in [0.25, 0.3) is 11.8 Å². The average molecular weight is 376 g/mol. The largest absolute Gasteiger partial charge is 0.480 e. The van der Waals surface area contributed by atoms with Gasteiger partial charge in [-0.15, -0.1) is 0 Å². The van der Waals surface area contributed by atoms with E-state index in [1.165, 1.54) is 6.07 Å². The lowest BCUT2D eigenvalue weighted by molar-refractivity contribution is -0.140. The van der Waals surface area contributed by atoms with Crippen molar-refractivity contribution in [3.63, 3.8) is 0 Å². The van der Waals surface area contributed by atoms with Gasteiger partial charge in [0.05, 0.1) is 4.90 Å². The van der Waals surface area contributed by atoms with Crippen molar-refractivity contribution >= 4 is 38.6 Å². The molecule has 0 aromatic heterocycles. The number of rotatable bonds is 5. The Balaban J connectivity index is 2.17. The summed E-state index contributed by atoms with van der Waals surface area (Å²) in [6.07, 6.45) is 0. The molecular weight excluding hydrogens is 360 g/mol. The van der Waals surface area contributed by atoms with Crippen LogP contribution >= 0.6 is 0 Å². The second kappa shape index (κ2) is 6.19. The van der Waals surface area contributed by atoms with E-state index in [4.69, 9.17) is 0 Å². The second-order valence-electron chi connectivity index (χ2n) is 6.34. The maximum Gasteiger partial charge on any atom is 0.322 e. The van der Waals surface area contributed by atoms with Crippen molar-refractivity contribution in [3.05, 3.63) is 41.5 Å². The molecule has 3 N–H and O–H groups in total. The van der Waals surface area contributed by atoms with Gasteiger partial charge in [0, 0.05) is 16.5 Å². The molecule has 1 aliphatic rings. The molecule has 0 radical (unpaired) electrons. The van der Waals surface area contributed by atoms with Gasteiger partial charge >= 0.3 is 5.97 Å². The zero-order chi connectivity index (χ0) is 19.2. The highest BCUT2D eigenvalue weighted by atomic mass is 32.2. The third-order valence-electron chi connectivity index (χ3n) is 4.19. The molecule has 2 aromatic carbocycles. The fourth-order valence-electron chi connectivity index (χ4n) is 2.87. The van der Waals surface area contributed by atoms with Crippen molar-refractivity contribution in [1.29, 1.82) is 0 Å². The predicted octanol–water partition coefficient (Wildman–Crippen LogP) is 1.11. The van der Waals surface area contributed by atoms with E-state index in [2.05, 4.69) is 10.0 Å². The van der Waals surface area contributed by atoms with E-state index in [9.17, 15) is 27.9 Å². The maximum absolute atomic E-state index is 12.7. The van der Waals surface area contributed by atoms with Gasteiger partial charge in [0.1, 0.15) is 6.04 Å². The van der Waals surface area contributed by atoms with E-state index in [1.807, 2.05) is 0 Å². The van der Waals surface area contributed by atoms with Crippen LogP contribution < -0.4 is 10.0 Å². The average Bonchev–Trinajstić information content (AvgIpc) is 2.56. The van der Waals surface area contributed by atoms with Gasteiger partial charge in [-0.25, -0.2) is 8.42 Å². The summed E-state index contributed by atoms with van der Waals surface area (Å²) in [6, 6.07) is 5.86. The fraction of sp³-hybridized carbons (Fsp3) is 0.235. The molecule has 136 valence electrons. The van der Waals surface area contributed by atoms with E-state index in [0.29, 0.717) is 10.8 Å². The van der Waals surface area contributed by atoms with Crippen molar-refractivity contribution < 1.29 is 27.9 Å². The number of imide groups is 1. The van der Waals surface area contributed by atoms with E-state index in [-0.39, 0.29) is 16.0 Å². The topological polar surface area (TPSA) is 130 Å². The lowest BCUT2D eigenvalue weighted by Crippen LogP contribution is -2.44. The van der Waals surface area contributed by atoms with E-state index >= 15 is 0 Å². The summed E-state index contributed by atoms with van der Waals surface area (Å²) in [7, 11) is -4.20. The Morgan fingerprint density at radius 1 is 1.12 bits per heavy atom. The number of nitrogens with one attached hydrogen (secondary N) is 2. The SMILES string of the molecule is CC(C)C(NS(=O)(=O)c1cc2c3c(cccc3c1)C(=O)NC2=O)C(=O)O. The molecule has 1 heterocycles. The summed E-state index contributed by atoms with van der Waals surface area (Å²) < 4.78 is 27.5. The minimum absolute atomic E-state index is 0.0505. The molecule has 2 amide bonds. The van der Waals surface area contributed by atoms with Crippen LogP contribution in [0.25, 0.3) is 10.8 Å². The zero-order valence-electron chi connectivity index (χ0n) is 13.9. The summed E-state index contributed by atoms with van der Waals surface area (Å²) in [6.45, 7) is 3.16. The summed E-state index contributed by atoms with van der Waals surface area (Å²) in [5.74, 6) is -3.02. The first-order chi connectivity index (χ1) is 12.1. The molecule has 8 nitrogen and oxygen atoms in total. The minimum atomic E-state index is -4.20. The minimum Gasteiger partial charge on any atom is -0.480 e. The zero-order valence-corrected chi connectivity index (χ0v) is 14.8. The molecule has 0 bridgehead atoms. The molecule has 26 heavy (non-hydrogen) atoms. The van der Waals surface area contributed by atoms with Crippen LogP contribution in [0.4, 0.5) is 0 Å². The number of amides is 2. The molecule has 9 heteroatoms. The van der Waals surface area contributed by atoms with E-state index in [0.717, 1.165) is 6.07 Å². The number of carbonyl (C=O) groups excluding carboxylic acids is 2. The molecular formula is C17H16N2O6S. The summed E-state index contributed by atoms with van der Waals surface area (Å²) in [5, 5.41) is 12.2. The van der Waals surface area contributed by atoms with Gasteiger partial charge in [-0.2, -0.15) is 4.72 Å². The smallest absolute Gasteiger partial charge is 0.322 e. The first kappa shape index (κ1) is 18.0. The first-order valence-electron chi connectivity index (χ1n) is 7.79. The van der Waals surface area contributed by atoms with Crippen molar-refractivity contribution in [2.24, 2.45) is 5.92 Å². The Kier molecular flexibility index (Phi) is 4.29. The van der Waals surface area contributed by atoms with Crippen LogP contribution in [-0.4, -0.2) is 37.3 Å². The van der Waals surface area contributed by atoms with Crippen LogP contribution in [0.2, 0.25) is 0 Å². The van der Waals surface area contributed by atoms with Crippen molar-refractivity contribution in [3.8, 4) is 0 Å². The van der Waals surface area contributed by atoms with Crippen LogP contribution in [0.3, 0.4) is 0 Å². The molecule has 1 atom stereocenters. The van der Waals surface area contributed by atoms with E-state index < -0.39 is 39.8 Å². The van der Waals surface area contributed by atoms with Crippen molar-refractivity contribution in [2.75, 3.05) is 0 Å². The highest BCUT2D eigenvalue weighted by Gasteiger charge is 2.31. The quantitative estimate of drug-likeness (QED) is 0.670. The molecule has 0 fully saturated rings. The number of carboxylic acids is 1. The molecule has 1 unspecified atom stereocenters. The van der Waals surface area contributed by atoms with Gasteiger partial charge in [-0.3, -0.25) is 19.7 Å². The third kappa shape index (κ3) is 2.95. The number of hydrogen-bond acceptors (Lipinski definition) is 5. The first-order valence-corrected chi connectivity index (χ1v) is 9.27. The van der Waals surface area contributed by atoms with Gasteiger partial charge in [0.15, 0.2) is 0 Å². The summed E-state index contributed by atoms with van der Waals surface area (Å²) >= 11 is 0.